The van der Waals surface area contributed by atoms with Crippen molar-refractivity contribution in [2.75, 3.05) is 7.11 Å². The molecule has 1 heterocycles. The van der Waals surface area contributed by atoms with E-state index in [0.717, 1.165) is 22.6 Å². The lowest BCUT2D eigenvalue weighted by Crippen LogP contribution is -2.24. The van der Waals surface area contributed by atoms with Gasteiger partial charge in [0.2, 0.25) is 0 Å². The van der Waals surface area contributed by atoms with Gasteiger partial charge in [-0.1, -0.05) is 30.3 Å². The van der Waals surface area contributed by atoms with Crippen molar-refractivity contribution in [1.82, 2.24) is 9.99 Å². The van der Waals surface area contributed by atoms with Gasteiger partial charge in [0.15, 0.2) is 5.92 Å². The van der Waals surface area contributed by atoms with E-state index in [2.05, 4.69) is 10.5 Å². The summed E-state index contributed by atoms with van der Waals surface area (Å²) in [6, 6.07) is 19.9. The Kier molecular flexibility index (Phi) is 6.63. The number of rotatable bonds is 6. The molecule has 0 bridgehead atoms. The number of nitrogens with one attached hydrogen (secondary N) is 1. The van der Waals surface area contributed by atoms with Crippen molar-refractivity contribution in [1.29, 1.82) is 5.26 Å². The molecule has 0 spiro atoms. The van der Waals surface area contributed by atoms with Crippen LogP contribution < -0.4 is 5.43 Å². The van der Waals surface area contributed by atoms with Gasteiger partial charge in [-0.05, 0) is 49.7 Å². The van der Waals surface area contributed by atoms with Gasteiger partial charge in [-0.15, -0.1) is 0 Å². The molecule has 0 saturated carbocycles. The van der Waals surface area contributed by atoms with E-state index in [4.69, 9.17) is 4.74 Å². The molecule has 7 heteroatoms. The quantitative estimate of drug-likeness (QED) is 0.378. The van der Waals surface area contributed by atoms with E-state index in [1.54, 1.807) is 42.6 Å². The molecule has 0 aliphatic heterocycles. The largest absolute Gasteiger partial charge is 0.465 e. The zero-order valence-corrected chi connectivity index (χ0v) is 17.5. The summed E-state index contributed by atoms with van der Waals surface area (Å²) in [4.78, 5) is 24.0. The predicted octanol–water partition coefficient (Wildman–Crippen LogP) is 3.64. The van der Waals surface area contributed by atoms with Crippen molar-refractivity contribution in [2.45, 2.75) is 19.8 Å². The van der Waals surface area contributed by atoms with Gasteiger partial charge in [-0.3, -0.25) is 4.79 Å². The molecule has 2 aromatic carbocycles. The smallest absolute Gasteiger partial charge is 0.337 e. The Morgan fingerprint density at radius 2 is 1.81 bits per heavy atom. The molecule has 1 aromatic heterocycles. The molecule has 0 radical (unpaired) electrons. The summed E-state index contributed by atoms with van der Waals surface area (Å²) in [5.41, 5.74) is 7.14. The van der Waals surface area contributed by atoms with Crippen LogP contribution in [0.2, 0.25) is 0 Å². The van der Waals surface area contributed by atoms with Crippen LogP contribution in [-0.2, 0) is 9.53 Å². The number of hydrogen-bond acceptors (Lipinski definition) is 5. The van der Waals surface area contributed by atoms with Crippen LogP contribution in [0.5, 0.6) is 0 Å². The third-order valence-corrected chi connectivity index (χ3v) is 4.92. The van der Waals surface area contributed by atoms with Crippen LogP contribution in [0.15, 0.2) is 65.8 Å². The van der Waals surface area contributed by atoms with Crippen molar-refractivity contribution >= 4 is 18.1 Å². The predicted molar refractivity (Wildman–Crippen MR) is 117 cm³/mol. The fourth-order valence-electron chi connectivity index (χ4n) is 3.34. The molecular formula is C24H22N4O3. The van der Waals surface area contributed by atoms with Gasteiger partial charge in [-0.25, -0.2) is 10.2 Å². The van der Waals surface area contributed by atoms with E-state index >= 15 is 0 Å². The summed E-state index contributed by atoms with van der Waals surface area (Å²) in [7, 11) is 1.35. The molecule has 0 fully saturated rings. The van der Waals surface area contributed by atoms with Crippen molar-refractivity contribution in [3.63, 3.8) is 0 Å². The summed E-state index contributed by atoms with van der Waals surface area (Å²) in [6.07, 6.45) is 1.55. The Balaban J connectivity index is 1.76. The maximum Gasteiger partial charge on any atom is 0.337 e. The van der Waals surface area contributed by atoms with Gasteiger partial charge in [0.25, 0.3) is 5.91 Å². The number of carbonyl (C=O) groups excluding carboxylic acids is 2. The van der Waals surface area contributed by atoms with Gasteiger partial charge in [0, 0.05) is 22.6 Å². The molecule has 3 rings (SSSR count). The highest BCUT2D eigenvalue weighted by Crippen LogP contribution is 2.20. The van der Waals surface area contributed by atoms with E-state index < -0.39 is 11.8 Å². The Labute approximate surface area is 180 Å². The number of nitrogens with zero attached hydrogens (tertiary/aromatic N) is 3. The molecule has 1 N–H and O–H groups in total. The molecule has 7 nitrogen and oxygen atoms in total. The average molecular weight is 414 g/mol. The standard InChI is InChI=1S/C24H22N4O3/c1-16-13-20(15-26-27-23(29)22(14-25)18-7-5-4-6-8-18)17(2)28(16)21-11-9-19(10-12-21)24(30)31-3/h4-13,15,22H,1-3H3,(H,27,29)/b26-15-/t22-/m1/s1. The molecule has 0 aliphatic carbocycles. The minimum Gasteiger partial charge on any atom is -0.465 e. The van der Waals surface area contributed by atoms with Crippen LogP contribution in [0.4, 0.5) is 0 Å². The monoisotopic (exact) mass is 414 g/mol. The number of nitriles is 1. The van der Waals surface area contributed by atoms with Gasteiger partial charge in [0.1, 0.15) is 0 Å². The van der Waals surface area contributed by atoms with Crippen molar-refractivity contribution < 1.29 is 14.3 Å². The number of methoxy groups -OCH3 is 1. The summed E-state index contributed by atoms with van der Waals surface area (Å²) >= 11 is 0. The van der Waals surface area contributed by atoms with Gasteiger partial charge in [-0.2, -0.15) is 10.4 Å². The first-order valence-electron chi connectivity index (χ1n) is 9.61. The van der Waals surface area contributed by atoms with Crippen LogP contribution in [0.1, 0.15) is 38.8 Å². The molecule has 31 heavy (non-hydrogen) atoms. The SMILES string of the molecule is COC(=O)c1ccc(-n2c(C)cc(/C=N\NC(=O)[C@H](C#N)c3ccccc3)c2C)cc1. The first-order valence-corrected chi connectivity index (χ1v) is 9.61. The molecule has 156 valence electrons. The number of ether oxygens (including phenoxy) is 1. The Bertz CT molecular complexity index is 1160. The number of aromatic nitrogens is 1. The third-order valence-electron chi connectivity index (χ3n) is 4.92. The Morgan fingerprint density at radius 1 is 1.13 bits per heavy atom. The topological polar surface area (TPSA) is 96.5 Å². The van der Waals surface area contributed by atoms with Crippen LogP contribution >= 0.6 is 0 Å². The Morgan fingerprint density at radius 3 is 2.42 bits per heavy atom. The summed E-state index contributed by atoms with van der Waals surface area (Å²) in [6.45, 7) is 3.89. The number of amides is 1. The van der Waals surface area contributed by atoms with E-state index in [9.17, 15) is 14.9 Å². The number of hydrazone groups is 1. The highest BCUT2D eigenvalue weighted by molar-refractivity contribution is 5.90. The molecule has 0 aliphatic rings. The van der Waals surface area contributed by atoms with Gasteiger partial charge in [0.05, 0.1) is 25.0 Å². The highest BCUT2D eigenvalue weighted by atomic mass is 16.5. The van der Waals surface area contributed by atoms with Crippen LogP contribution in [0, 0.1) is 25.2 Å². The molecule has 0 saturated heterocycles. The molecule has 1 atom stereocenters. The minimum absolute atomic E-state index is 0.387. The van der Waals surface area contributed by atoms with E-state index in [-0.39, 0.29) is 5.97 Å². The maximum absolute atomic E-state index is 12.4. The van der Waals surface area contributed by atoms with Crippen LogP contribution in [0.25, 0.3) is 5.69 Å². The highest BCUT2D eigenvalue weighted by Gasteiger charge is 2.19. The number of benzene rings is 2. The molecular weight excluding hydrogens is 392 g/mol. The van der Waals surface area contributed by atoms with E-state index in [1.807, 2.05) is 48.7 Å². The first kappa shape index (κ1) is 21.5. The van der Waals surface area contributed by atoms with Crippen molar-refractivity contribution in [3.8, 4) is 11.8 Å². The van der Waals surface area contributed by atoms with Crippen molar-refractivity contribution in [3.05, 3.63) is 88.7 Å². The average Bonchev–Trinajstić information content (AvgIpc) is 3.07. The van der Waals surface area contributed by atoms with Gasteiger partial charge >= 0.3 is 5.97 Å². The summed E-state index contributed by atoms with van der Waals surface area (Å²) in [5.74, 6) is -1.81. The molecule has 3 aromatic rings. The lowest BCUT2D eigenvalue weighted by molar-refractivity contribution is -0.121. The van der Waals surface area contributed by atoms with Crippen LogP contribution in [-0.4, -0.2) is 29.8 Å². The second-order valence-electron chi connectivity index (χ2n) is 6.91. The zero-order chi connectivity index (χ0) is 22.4. The maximum atomic E-state index is 12.4. The fourth-order valence-corrected chi connectivity index (χ4v) is 3.34. The second kappa shape index (κ2) is 9.55. The lowest BCUT2D eigenvalue weighted by atomic mass is 10.0. The number of esters is 1. The second-order valence-corrected chi connectivity index (χ2v) is 6.91. The summed E-state index contributed by atoms with van der Waals surface area (Å²) < 4.78 is 6.75. The number of aryl methyl sites for hydroxylation is 1. The lowest BCUT2D eigenvalue weighted by Gasteiger charge is -2.10. The number of carbonyl (C=O) groups is 2. The van der Waals surface area contributed by atoms with Crippen LogP contribution in [0.3, 0.4) is 0 Å². The van der Waals surface area contributed by atoms with Gasteiger partial charge < -0.3 is 9.30 Å². The summed E-state index contributed by atoms with van der Waals surface area (Å²) in [5, 5.41) is 13.4. The normalized spacial score (nSPS) is 11.7. The zero-order valence-electron chi connectivity index (χ0n) is 17.5. The van der Waals surface area contributed by atoms with Crippen molar-refractivity contribution in [2.24, 2.45) is 5.10 Å². The third kappa shape index (κ3) is 4.70. The van der Waals surface area contributed by atoms with E-state index in [1.165, 1.54) is 7.11 Å². The first-order chi connectivity index (χ1) is 15.0. The molecule has 0 unspecified atom stereocenters. The Hall–Kier alpha value is -4.18. The minimum atomic E-state index is -0.931. The van der Waals surface area contributed by atoms with E-state index in [0.29, 0.717) is 11.1 Å². The number of hydrogen-bond donors (Lipinski definition) is 1. The fraction of sp³-hybridized carbons (Fsp3) is 0.167. The molecule has 1 amide bonds.